The number of nitrogens with one attached hydrogen (secondary N) is 3. The Bertz CT molecular complexity index is 2210. The summed E-state index contributed by atoms with van der Waals surface area (Å²) in [5.41, 5.74) is 0.792. The zero-order chi connectivity index (χ0) is 39.2. The van der Waals surface area contributed by atoms with Gasteiger partial charge in [0.1, 0.15) is 23.9 Å². The van der Waals surface area contributed by atoms with Crippen LogP contribution < -0.4 is 21.1 Å². The van der Waals surface area contributed by atoms with Crippen LogP contribution in [0.25, 0.3) is 10.9 Å². The van der Waals surface area contributed by atoms with E-state index in [-0.39, 0.29) is 55.3 Å². The fraction of sp³-hybridized carbons (Fsp3) is 0.389. The molecule has 4 aromatic rings. The maximum Gasteiger partial charge on any atom is 0.329 e. The molecule has 282 valence electrons. The predicted molar refractivity (Wildman–Crippen MR) is 191 cm³/mol. The van der Waals surface area contributed by atoms with Gasteiger partial charge in [0.15, 0.2) is 5.82 Å². The summed E-state index contributed by atoms with van der Waals surface area (Å²) in [6.45, 7) is 2.77. The van der Waals surface area contributed by atoms with E-state index in [0.29, 0.717) is 35.3 Å². The number of carbonyl (C=O) groups excluding carboxylic acids is 3. The molecule has 2 aromatic carbocycles. The van der Waals surface area contributed by atoms with Crippen molar-refractivity contribution in [2.24, 2.45) is 0 Å². The van der Waals surface area contributed by atoms with Gasteiger partial charge in [0.2, 0.25) is 5.91 Å². The molecule has 0 bridgehead atoms. The van der Waals surface area contributed by atoms with E-state index in [9.17, 15) is 39.0 Å². The Morgan fingerprint density at radius 2 is 1.96 bits per heavy atom. The summed E-state index contributed by atoms with van der Waals surface area (Å²) in [5, 5.41) is 36.3. The summed E-state index contributed by atoms with van der Waals surface area (Å²) in [7, 11) is 1.19. The molecule has 0 spiro atoms. The Morgan fingerprint density at radius 3 is 2.67 bits per heavy atom. The smallest absolute Gasteiger partial charge is 0.329 e. The molecule has 0 aliphatic heterocycles. The number of carbonyl (C=O) groups is 5. The summed E-state index contributed by atoms with van der Waals surface area (Å²) in [4.78, 5) is 84.8. The van der Waals surface area contributed by atoms with Gasteiger partial charge in [-0.05, 0) is 85.3 Å². The first-order valence-corrected chi connectivity index (χ1v) is 17.0. The number of tetrazole rings is 1. The number of aliphatic carboxylic acids is 2. The standard InChI is InChI=1S/C36H39N9O9/c1-5-16-44(28-12-10-21-17-26-24(18-23(21)28)32(48)38-20(2)37-26)27-9-7-6-8-22(27)33(49)40-36(3,35(52)53)15-14-30(46)39-25(34(50)51)11-13-29-41-42-43-45(29)19-31(47)54-4/h1,6-9,17-18,25,28H,10-16,19H2,2-4H3,(H,39,46)(H,40,49)(H,50,51)(H,52,53)(H,37,38,48)/t25-,28?,36+/m0/s1. The number of nitrogens with zero attached hydrogens (tertiary/aromatic N) is 6. The molecule has 54 heavy (non-hydrogen) atoms. The number of rotatable bonds is 16. The van der Waals surface area contributed by atoms with Crippen LogP contribution in [0.15, 0.2) is 41.2 Å². The van der Waals surface area contributed by atoms with E-state index in [1.165, 1.54) is 20.1 Å². The molecular weight excluding hydrogens is 702 g/mol. The number of carboxylic acid groups (broad SMARTS) is 2. The number of carboxylic acids is 2. The number of methoxy groups -OCH3 is 1. The van der Waals surface area contributed by atoms with Crippen LogP contribution in [-0.4, -0.2) is 95.3 Å². The molecule has 5 N–H and O–H groups in total. The number of H-pyrrole nitrogens is 1. The van der Waals surface area contributed by atoms with Gasteiger partial charge in [0.05, 0.1) is 41.9 Å². The third-order valence-corrected chi connectivity index (χ3v) is 9.34. The maximum absolute atomic E-state index is 13.9. The third-order valence-electron chi connectivity index (χ3n) is 9.34. The molecule has 1 unspecified atom stereocenters. The fourth-order valence-electron chi connectivity index (χ4n) is 6.45. The lowest BCUT2D eigenvalue weighted by Crippen LogP contribution is -2.53. The predicted octanol–water partition coefficient (Wildman–Crippen LogP) is 1.07. The lowest BCUT2D eigenvalue weighted by Gasteiger charge is -2.33. The van der Waals surface area contributed by atoms with E-state index in [2.05, 4.69) is 46.8 Å². The highest BCUT2D eigenvalue weighted by Gasteiger charge is 2.37. The Labute approximate surface area is 308 Å². The molecule has 2 amide bonds. The second-order valence-electron chi connectivity index (χ2n) is 13.0. The quantitative estimate of drug-likeness (QED) is 0.0796. The van der Waals surface area contributed by atoms with E-state index in [1.807, 2.05) is 11.0 Å². The second kappa shape index (κ2) is 16.4. The summed E-state index contributed by atoms with van der Waals surface area (Å²) in [6.07, 6.45) is 6.13. The van der Waals surface area contributed by atoms with Crippen molar-refractivity contribution >= 4 is 46.3 Å². The summed E-state index contributed by atoms with van der Waals surface area (Å²) < 4.78 is 5.74. The van der Waals surface area contributed by atoms with Gasteiger partial charge in [-0.3, -0.25) is 19.2 Å². The number of terminal acetylenes is 1. The molecule has 0 fully saturated rings. The minimum atomic E-state index is -1.95. The number of hydrogen-bond donors (Lipinski definition) is 5. The van der Waals surface area contributed by atoms with Gasteiger partial charge < -0.3 is 35.5 Å². The van der Waals surface area contributed by atoms with E-state index < -0.39 is 47.7 Å². The zero-order valence-electron chi connectivity index (χ0n) is 29.8. The molecule has 0 radical (unpaired) electrons. The molecule has 2 heterocycles. The number of ether oxygens (including phenoxy) is 1. The number of benzene rings is 2. The van der Waals surface area contributed by atoms with Gasteiger partial charge in [-0.2, -0.15) is 0 Å². The van der Waals surface area contributed by atoms with Crippen molar-refractivity contribution in [2.75, 3.05) is 18.6 Å². The SMILES string of the molecule is C#CCN(c1ccccc1C(=O)N[C@](C)(CCC(=O)N[C@@H](CCc1nnnn1CC(=O)OC)C(=O)O)C(=O)O)C1CCc2cc3nc(C)[nH]c(=O)c3cc21. The molecular formula is C36H39N9O9. The first-order chi connectivity index (χ1) is 25.7. The zero-order valence-corrected chi connectivity index (χ0v) is 29.8. The minimum absolute atomic E-state index is 0.0154. The first-order valence-electron chi connectivity index (χ1n) is 17.0. The Hall–Kier alpha value is -6.64. The van der Waals surface area contributed by atoms with Crippen molar-refractivity contribution < 1.29 is 38.9 Å². The monoisotopic (exact) mass is 741 g/mol. The molecule has 0 saturated heterocycles. The molecule has 3 atom stereocenters. The Morgan fingerprint density at radius 1 is 1.20 bits per heavy atom. The Balaban J connectivity index is 1.30. The lowest BCUT2D eigenvalue weighted by molar-refractivity contribution is -0.145. The molecule has 18 nitrogen and oxygen atoms in total. The molecule has 1 aliphatic carbocycles. The van der Waals surface area contributed by atoms with Gasteiger partial charge in [-0.25, -0.2) is 19.3 Å². The number of para-hydroxylation sites is 1. The number of esters is 1. The lowest BCUT2D eigenvalue weighted by atomic mass is 9.94. The second-order valence-corrected chi connectivity index (χ2v) is 13.0. The maximum atomic E-state index is 13.9. The van der Waals surface area contributed by atoms with Crippen molar-refractivity contribution in [1.82, 2.24) is 40.8 Å². The van der Waals surface area contributed by atoms with Crippen LogP contribution in [-0.2, 0) is 43.3 Å². The Kier molecular flexibility index (Phi) is 11.7. The number of amides is 2. The largest absolute Gasteiger partial charge is 0.480 e. The molecule has 18 heteroatoms. The highest BCUT2D eigenvalue weighted by Crippen LogP contribution is 2.40. The summed E-state index contributed by atoms with van der Waals surface area (Å²) in [6, 6.07) is 8.58. The van der Waals surface area contributed by atoms with E-state index in [0.717, 1.165) is 15.8 Å². The van der Waals surface area contributed by atoms with Crippen LogP contribution in [0.3, 0.4) is 0 Å². The highest BCUT2D eigenvalue weighted by atomic mass is 16.5. The first kappa shape index (κ1) is 38.6. The number of aryl methyl sites for hydroxylation is 3. The molecule has 1 aliphatic rings. The van der Waals surface area contributed by atoms with Crippen LogP contribution in [0.1, 0.15) is 71.8 Å². The van der Waals surface area contributed by atoms with Crippen molar-refractivity contribution in [3.63, 3.8) is 0 Å². The van der Waals surface area contributed by atoms with Crippen LogP contribution in [0.4, 0.5) is 5.69 Å². The van der Waals surface area contributed by atoms with Crippen molar-refractivity contribution in [3.8, 4) is 12.3 Å². The number of aromatic amines is 1. The number of aromatic nitrogens is 6. The van der Waals surface area contributed by atoms with Crippen LogP contribution in [0.2, 0.25) is 0 Å². The van der Waals surface area contributed by atoms with Gasteiger partial charge in [0, 0.05) is 12.8 Å². The number of hydrogen-bond acceptors (Lipinski definition) is 12. The summed E-state index contributed by atoms with van der Waals surface area (Å²) >= 11 is 0. The normalized spacial score (nSPS) is 15.0. The third kappa shape index (κ3) is 8.52. The minimum Gasteiger partial charge on any atom is -0.480 e. The highest BCUT2D eigenvalue weighted by molar-refractivity contribution is 6.02. The van der Waals surface area contributed by atoms with Gasteiger partial charge in [-0.15, -0.1) is 11.5 Å². The van der Waals surface area contributed by atoms with E-state index >= 15 is 0 Å². The number of anilines is 1. The van der Waals surface area contributed by atoms with Crippen LogP contribution >= 0.6 is 0 Å². The summed E-state index contributed by atoms with van der Waals surface area (Å²) in [5.74, 6) is -1.55. The molecule has 0 saturated carbocycles. The van der Waals surface area contributed by atoms with Crippen LogP contribution in [0.5, 0.6) is 0 Å². The van der Waals surface area contributed by atoms with Gasteiger partial charge >= 0.3 is 17.9 Å². The number of fused-ring (bicyclic) bond motifs is 2. The van der Waals surface area contributed by atoms with Crippen molar-refractivity contribution in [1.29, 1.82) is 0 Å². The molecule has 5 rings (SSSR count). The van der Waals surface area contributed by atoms with Gasteiger partial charge in [0.25, 0.3) is 11.5 Å². The average Bonchev–Trinajstić information content (AvgIpc) is 3.76. The molecule has 2 aromatic heterocycles. The van der Waals surface area contributed by atoms with Crippen molar-refractivity contribution in [3.05, 3.63) is 75.1 Å². The van der Waals surface area contributed by atoms with E-state index in [4.69, 9.17) is 6.42 Å². The van der Waals surface area contributed by atoms with Crippen molar-refractivity contribution in [2.45, 2.75) is 76.5 Å². The average molecular weight is 742 g/mol. The van der Waals surface area contributed by atoms with E-state index in [1.54, 1.807) is 31.2 Å². The van der Waals surface area contributed by atoms with Gasteiger partial charge in [-0.1, -0.05) is 18.1 Å². The fourth-order valence-corrected chi connectivity index (χ4v) is 6.45. The topological polar surface area (TPSA) is 252 Å². The van der Waals surface area contributed by atoms with Crippen LogP contribution in [0, 0.1) is 19.3 Å².